The Morgan fingerprint density at radius 2 is 2.37 bits per heavy atom. The second kappa shape index (κ2) is 6.38. The van der Waals surface area contributed by atoms with Crippen LogP contribution in [0.2, 0.25) is 0 Å². The summed E-state index contributed by atoms with van der Waals surface area (Å²) in [6, 6.07) is 5.07. The van der Waals surface area contributed by atoms with E-state index in [1.165, 1.54) is 32.1 Å². The predicted octanol–water partition coefficient (Wildman–Crippen LogP) is 2.16. The van der Waals surface area contributed by atoms with Crippen LogP contribution in [0.15, 0.2) is 18.2 Å². The fraction of sp³-hybridized carbons (Fsp3) is 0.538. The Morgan fingerprint density at radius 3 is 3.00 bits per heavy atom. The SMILES string of the molecule is COc1cc([N+](=O)[O-])ccc1NCC1CCCCN1. The molecule has 1 aromatic rings. The van der Waals surface area contributed by atoms with E-state index in [4.69, 9.17) is 4.74 Å². The molecule has 0 amide bonds. The first-order valence-electron chi connectivity index (χ1n) is 6.50. The average Bonchev–Trinajstić information content (AvgIpc) is 2.45. The van der Waals surface area contributed by atoms with Crippen molar-refractivity contribution >= 4 is 11.4 Å². The highest BCUT2D eigenvalue weighted by molar-refractivity contribution is 5.60. The molecule has 0 spiro atoms. The number of hydrogen-bond donors (Lipinski definition) is 2. The van der Waals surface area contributed by atoms with Crippen molar-refractivity contribution in [1.29, 1.82) is 0 Å². The van der Waals surface area contributed by atoms with Crippen molar-refractivity contribution in [3.05, 3.63) is 28.3 Å². The smallest absolute Gasteiger partial charge is 0.273 e. The molecule has 19 heavy (non-hydrogen) atoms. The zero-order valence-electron chi connectivity index (χ0n) is 11.0. The van der Waals surface area contributed by atoms with Crippen molar-refractivity contribution in [3.63, 3.8) is 0 Å². The maximum absolute atomic E-state index is 10.7. The third-order valence-electron chi connectivity index (χ3n) is 3.35. The van der Waals surface area contributed by atoms with Crippen LogP contribution < -0.4 is 15.4 Å². The first-order valence-corrected chi connectivity index (χ1v) is 6.50. The number of ether oxygens (including phenoxy) is 1. The molecule has 0 radical (unpaired) electrons. The second-order valence-corrected chi connectivity index (χ2v) is 4.67. The van der Waals surface area contributed by atoms with E-state index < -0.39 is 4.92 Å². The van der Waals surface area contributed by atoms with Crippen molar-refractivity contribution in [3.8, 4) is 5.75 Å². The first kappa shape index (κ1) is 13.6. The maximum Gasteiger partial charge on any atom is 0.273 e. The van der Waals surface area contributed by atoms with Crippen LogP contribution >= 0.6 is 0 Å². The number of nitro groups is 1. The molecule has 0 aromatic heterocycles. The van der Waals surface area contributed by atoms with Gasteiger partial charge >= 0.3 is 0 Å². The third-order valence-corrected chi connectivity index (χ3v) is 3.35. The monoisotopic (exact) mass is 265 g/mol. The van der Waals surface area contributed by atoms with Crippen LogP contribution in [-0.4, -0.2) is 31.2 Å². The predicted molar refractivity (Wildman–Crippen MR) is 73.8 cm³/mol. The summed E-state index contributed by atoms with van der Waals surface area (Å²) in [6.07, 6.45) is 3.64. The molecule has 1 heterocycles. The first-order chi connectivity index (χ1) is 9.20. The number of rotatable bonds is 5. The number of benzene rings is 1. The molecule has 104 valence electrons. The lowest BCUT2D eigenvalue weighted by Crippen LogP contribution is -2.39. The number of nitrogens with zero attached hydrogens (tertiary/aromatic N) is 1. The van der Waals surface area contributed by atoms with E-state index in [1.54, 1.807) is 6.07 Å². The van der Waals surface area contributed by atoms with Gasteiger partial charge in [0.05, 0.1) is 23.8 Å². The van der Waals surface area contributed by atoms with E-state index in [-0.39, 0.29) is 5.69 Å². The fourth-order valence-corrected chi connectivity index (χ4v) is 2.27. The molecule has 1 unspecified atom stereocenters. The zero-order valence-corrected chi connectivity index (χ0v) is 11.0. The van der Waals surface area contributed by atoms with Crippen LogP contribution in [0, 0.1) is 10.1 Å². The Kier molecular flexibility index (Phi) is 4.57. The van der Waals surface area contributed by atoms with Gasteiger partial charge in [-0.1, -0.05) is 6.42 Å². The van der Waals surface area contributed by atoms with Gasteiger partial charge in [-0.15, -0.1) is 0 Å². The van der Waals surface area contributed by atoms with Crippen molar-refractivity contribution in [2.45, 2.75) is 25.3 Å². The van der Waals surface area contributed by atoms with Crippen molar-refractivity contribution in [2.75, 3.05) is 25.5 Å². The Labute approximate surface area is 112 Å². The maximum atomic E-state index is 10.7. The Morgan fingerprint density at radius 1 is 1.53 bits per heavy atom. The fourth-order valence-electron chi connectivity index (χ4n) is 2.27. The molecule has 1 aliphatic heterocycles. The molecule has 6 heteroatoms. The Balaban J connectivity index is 2.00. The summed E-state index contributed by atoms with van der Waals surface area (Å²) < 4.78 is 5.19. The number of anilines is 1. The van der Waals surface area contributed by atoms with Gasteiger partial charge in [-0.3, -0.25) is 10.1 Å². The quantitative estimate of drug-likeness (QED) is 0.630. The standard InChI is InChI=1S/C13H19N3O3/c1-19-13-8-11(16(17)18)5-6-12(13)15-9-10-4-2-3-7-14-10/h5-6,8,10,14-15H,2-4,7,9H2,1H3. The Hall–Kier alpha value is -1.82. The van der Waals surface area contributed by atoms with E-state index >= 15 is 0 Å². The van der Waals surface area contributed by atoms with E-state index in [9.17, 15) is 10.1 Å². The molecule has 1 atom stereocenters. The molecule has 1 aromatic carbocycles. The highest BCUT2D eigenvalue weighted by atomic mass is 16.6. The molecular weight excluding hydrogens is 246 g/mol. The molecule has 0 saturated carbocycles. The highest BCUT2D eigenvalue weighted by Gasteiger charge is 2.14. The number of piperidine rings is 1. The van der Waals surface area contributed by atoms with Gasteiger partial charge in [-0.25, -0.2) is 0 Å². The van der Waals surface area contributed by atoms with Gasteiger partial charge in [0.25, 0.3) is 5.69 Å². The van der Waals surface area contributed by atoms with Gasteiger partial charge in [-0.05, 0) is 25.5 Å². The van der Waals surface area contributed by atoms with Crippen molar-refractivity contribution < 1.29 is 9.66 Å². The van der Waals surface area contributed by atoms with Gasteiger partial charge in [0.1, 0.15) is 5.75 Å². The molecule has 2 rings (SSSR count). The summed E-state index contributed by atoms with van der Waals surface area (Å²) in [5.41, 5.74) is 0.832. The van der Waals surface area contributed by atoms with Crippen molar-refractivity contribution in [2.24, 2.45) is 0 Å². The van der Waals surface area contributed by atoms with E-state index in [0.717, 1.165) is 25.2 Å². The van der Waals surface area contributed by atoms with Crippen LogP contribution in [0.5, 0.6) is 5.75 Å². The molecule has 6 nitrogen and oxygen atoms in total. The largest absolute Gasteiger partial charge is 0.494 e. The van der Waals surface area contributed by atoms with Crippen molar-refractivity contribution in [1.82, 2.24) is 5.32 Å². The number of nitro benzene ring substituents is 1. The van der Waals surface area contributed by atoms with E-state index in [2.05, 4.69) is 10.6 Å². The minimum atomic E-state index is -0.422. The van der Waals surface area contributed by atoms with Gasteiger partial charge in [0, 0.05) is 18.7 Å². The molecule has 1 fully saturated rings. The van der Waals surface area contributed by atoms with Gasteiger partial charge in [0.2, 0.25) is 0 Å². The number of hydrogen-bond acceptors (Lipinski definition) is 5. The molecule has 1 saturated heterocycles. The average molecular weight is 265 g/mol. The molecule has 1 aliphatic rings. The highest BCUT2D eigenvalue weighted by Crippen LogP contribution is 2.29. The summed E-state index contributed by atoms with van der Waals surface area (Å²) in [7, 11) is 1.52. The zero-order chi connectivity index (χ0) is 13.7. The van der Waals surface area contributed by atoms with Gasteiger partial charge in [0.15, 0.2) is 0 Å². The van der Waals surface area contributed by atoms with Crippen LogP contribution in [0.3, 0.4) is 0 Å². The minimum absolute atomic E-state index is 0.0400. The lowest BCUT2D eigenvalue weighted by atomic mass is 10.1. The van der Waals surface area contributed by atoms with Gasteiger partial charge < -0.3 is 15.4 Å². The Bertz CT molecular complexity index is 445. The lowest BCUT2D eigenvalue weighted by molar-refractivity contribution is -0.384. The summed E-state index contributed by atoms with van der Waals surface area (Å²) in [5.74, 6) is 0.505. The molecule has 0 aliphatic carbocycles. The van der Waals surface area contributed by atoms with E-state index in [0.29, 0.717) is 11.8 Å². The normalized spacial score (nSPS) is 18.9. The summed E-state index contributed by atoms with van der Waals surface area (Å²) >= 11 is 0. The lowest BCUT2D eigenvalue weighted by Gasteiger charge is -2.24. The van der Waals surface area contributed by atoms with Crippen LogP contribution in [0.1, 0.15) is 19.3 Å². The number of methoxy groups -OCH3 is 1. The number of nitrogens with one attached hydrogen (secondary N) is 2. The second-order valence-electron chi connectivity index (χ2n) is 4.67. The third kappa shape index (κ3) is 3.57. The molecular formula is C13H19N3O3. The van der Waals surface area contributed by atoms with Crippen LogP contribution in [0.25, 0.3) is 0 Å². The van der Waals surface area contributed by atoms with Gasteiger partial charge in [-0.2, -0.15) is 0 Å². The van der Waals surface area contributed by atoms with E-state index in [1.807, 2.05) is 0 Å². The van der Waals surface area contributed by atoms with Crippen LogP contribution in [0.4, 0.5) is 11.4 Å². The molecule has 0 bridgehead atoms. The summed E-state index contributed by atoms with van der Waals surface area (Å²) in [4.78, 5) is 10.3. The van der Waals surface area contributed by atoms with Crippen LogP contribution in [-0.2, 0) is 0 Å². The summed E-state index contributed by atoms with van der Waals surface area (Å²) in [5, 5.41) is 17.4. The topological polar surface area (TPSA) is 76.4 Å². The number of non-ortho nitro benzene ring substituents is 1. The minimum Gasteiger partial charge on any atom is -0.494 e. The summed E-state index contributed by atoms with van der Waals surface area (Å²) in [6.45, 7) is 1.86. The molecule has 2 N–H and O–H groups in total.